The van der Waals surface area contributed by atoms with Crippen LogP contribution in [0.15, 0.2) is 24.3 Å². The number of benzene rings is 1. The third-order valence-electron chi connectivity index (χ3n) is 5.91. The molecule has 3 aliphatic rings. The van der Waals surface area contributed by atoms with Gasteiger partial charge in [0.1, 0.15) is 6.10 Å². The summed E-state index contributed by atoms with van der Waals surface area (Å²) in [5.41, 5.74) is 1.78. The Bertz CT molecular complexity index is 772. The molecule has 27 heavy (non-hydrogen) atoms. The number of nitrogens with zero attached hydrogens (tertiary/aromatic N) is 3. The number of piperidine rings is 1. The molecule has 144 valence electrons. The van der Waals surface area contributed by atoms with Crippen LogP contribution in [-0.4, -0.2) is 77.0 Å². The fraction of sp³-hybridized carbons (Fsp3) is 0.550. The molecular weight excluding hydrogens is 346 g/mol. The molecule has 2 atom stereocenters. The van der Waals surface area contributed by atoms with Gasteiger partial charge in [0, 0.05) is 38.2 Å². The number of amides is 3. The molecule has 3 saturated heterocycles. The minimum Gasteiger partial charge on any atom is -0.442 e. The summed E-state index contributed by atoms with van der Waals surface area (Å²) in [7, 11) is 0. The molecule has 7 heteroatoms. The summed E-state index contributed by atoms with van der Waals surface area (Å²) in [5.74, 6) is 0.0571. The molecule has 0 aliphatic carbocycles. The van der Waals surface area contributed by atoms with Crippen molar-refractivity contribution < 1.29 is 19.1 Å². The topological polar surface area (TPSA) is 70.2 Å². The number of aryl methyl sites for hydroxylation is 1. The molecule has 3 fully saturated rings. The molecule has 3 amide bonds. The van der Waals surface area contributed by atoms with Gasteiger partial charge in [-0.1, -0.05) is 17.7 Å². The number of hydrogen-bond donors (Lipinski definition) is 0. The van der Waals surface area contributed by atoms with Crippen molar-refractivity contribution in [1.82, 2.24) is 14.7 Å². The van der Waals surface area contributed by atoms with Crippen LogP contribution in [-0.2, 0) is 9.53 Å². The van der Waals surface area contributed by atoms with Gasteiger partial charge in [-0.05, 0) is 31.9 Å². The van der Waals surface area contributed by atoms with Crippen LogP contribution in [0.5, 0.6) is 0 Å². The zero-order valence-electron chi connectivity index (χ0n) is 15.8. The van der Waals surface area contributed by atoms with Crippen molar-refractivity contribution >= 4 is 17.9 Å². The van der Waals surface area contributed by atoms with Gasteiger partial charge in [0.2, 0.25) is 5.91 Å². The molecule has 0 radical (unpaired) electrons. The maximum atomic E-state index is 12.7. The Kier molecular flexibility index (Phi) is 4.53. The standard InChI is InChI=1S/C20H25N3O4/c1-13-4-3-5-15(10-13)19(25)21-8-6-16(7-9-21)23-17-11-22(14(2)24)12-18(17)27-20(23)26/h3-5,10,16-18H,6-9,11-12H2,1-2H3/t17-,18+/m1/s1. The highest BCUT2D eigenvalue weighted by Gasteiger charge is 2.51. The second kappa shape index (κ2) is 6.87. The Morgan fingerprint density at radius 1 is 1.11 bits per heavy atom. The molecule has 0 saturated carbocycles. The van der Waals surface area contributed by atoms with Crippen LogP contribution in [0, 0.1) is 6.92 Å². The van der Waals surface area contributed by atoms with Gasteiger partial charge < -0.3 is 14.5 Å². The van der Waals surface area contributed by atoms with Crippen LogP contribution < -0.4 is 0 Å². The fourth-order valence-electron chi connectivity index (χ4n) is 4.45. The van der Waals surface area contributed by atoms with E-state index in [0.717, 1.165) is 18.4 Å². The summed E-state index contributed by atoms with van der Waals surface area (Å²) in [6, 6.07) is 7.62. The van der Waals surface area contributed by atoms with E-state index in [9.17, 15) is 14.4 Å². The summed E-state index contributed by atoms with van der Waals surface area (Å²) >= 11 is 0. The second-order valence-corrected chi connectivity index (χ2v) is 7.71. The smallest absolute Gasteiger partial charge is 0.410 e. The molecule has 7 nitrogen and oxygen atoms in total. The van der Waals surface area contributed by atoms with Crippen molar-refractivity contribution in [1.29, 1.82) is 0 Å². The minimum absolute atomic E-state index is 0.0129. The van der Waals surface area contributed by atoms with E-state index in [1.54, 1.807) is 11.8 Å². The van der Waals surface area contributed by atoms with E-state index >= 15 is 0 Å². The highest BCUT2D eigenvalue weighted by molar-refractivity contribution is 5.94. The first-order valence-corrected chi connectivity index (χ1v) is 9.54. The first-order chi connectivity index (χ1) is 12.9. The van der Waals surface area contributed by atoms with Crippen molar-refractivity contribution in [3.63, 3.8) is 0 Å². The number of carbonyl (C=O) groups excluding carboxylic acids is 3. The molecule has 0 aromatic heterocycles. The Balaban J connectivity index is 1.40. The van der Waals surface area contributed by atoms with Crippen LogP contribution in [0.25, 0.3) is 0 Å². The molecule has 1 aromatic carbocycles. The number of ether oxygens (including phenoxy) is 1. The van der Waals surface area contributed by atoms with Crippen LogP contribution in [0.4, 0.5) is 4.79 Å². The number of rotatable bonds is 2. The molecule has 3 aliphatic heterocycles. The molecular formula is C20H25N3O4. The maximum Gasteiger partial charge on any atom is 0.410 e. The average Bonchev–Trinajstić information content (AvgIpc) is 3.18. The first-order valence-electron chi connectivity index (χ1n) is 9.54. The van der Waals surface area contributed by atoms with Gasteiger partial charge in [-0.2, -0.15) is 0 Å². The van der Waals surface area contributed by atoms with E-state index < -0.39 is 0 Å². The lowest BCUT2D eigenvalue weighted by atomic mass is 10.00. The summed E-state index contributed by atoms with van der Waals surface area (Å²) in [5, 5.41) is 0. The number of carbonyl (C=O) groups is 3. The Labute approximate surface area is 158 Å². The van der Waals surface area contributed by atoms with Crippen LogP contribution in [0.3, 0.4) is 0 Å². The summed E-state index contributed by atoms with van der Waals surface area (Å²) < 4.78 is 5.50. The van der Waals surface area contributed by atoms with Crippen molar-refractivity contribution in [2.75, 3.05) is 26.2 Å². The fourth-order valence-corrected chi connectivity index (χ4v) is 4.45. The average molecular weight is 371 g/mol. The van der Waals surface area contributed by atoms with E-state index in [-0.39, 0.29) is 36.1 Å². The van der Waals surface area contributed by atoms with Gasteiger partial charge in [0.15, 0.2) is 0 Å². The highest BCUT2D eigenvalue weighted by atomic mass is 16.6. The Morgan fingerprint density at radius 2 is 1.85 bits per heavy atom. The van der Waals surface area contributed by atoms with Gasteiger partial charge in [0.05, 0.1) is 12.6 Å². The van der Waals surface area contributed by atoms with Crippen molar-refractivity contribution in [2.45, 2.75) is 44.9 Å². The monoisotopic (exact) mass is 371 g/mol. The lowest BCUT2D eigenvalue weighted by Crippen LogP contribution is -2.51. The van der Waals surface area contributed by atoms with Crippen molar-refractivity contribution in [3.8, 4) is 0 Å². The SMILES string of the molecule is CC(=O)N1C[C@@H]2OC(=O)N(C3CCN(C(=O)c4cccc(C)c4)CC3)[C@@H]2C1. The van der Waals surface area contributed by atoms with Crippen molar-refractivity contribution in [2.24, 2.45) is 0 Å². The van der Waals surface area contributed by atoms with Gasteiger partial charge in [-0.15, -0.1) is 0 Å². The molecule has 0 spiro atoms. The molecule has 4 rings (SSSR count). The van der Waals surface area contributed by atoms with E-state index in [0.29, 0.717) is 31.7 Å². The Hall–Kier alpha value is -2.57. The largest absolute Gasteiger partial charge is 0.442 e. The lowest BCUT2D eigenvalue weighted by Gasteiger charge is -2.37. The zero-order chi connectivity index (χ0) is 19.1. The number of fused-ring (bicyclic) bond motifs is 1. The van der Waals surface area contributed by atoms with Crippen molar-refractivity contribution in [3.05, 3.63) is 35.4 Å². The predicted octanol–water partition coefficient (Wildman–Crippen LogP) is 1.65. The van der Waals surface area contributed by atoms with E-state index in [2.05, 4.69) is 0 Å². The molecule has 0 bridgehead atoms. The third kappa shape index (κ3) is 3.26. The lowest BCUT2D eigenvalue weighted by molar-refractivity contribution is -0.128. The minimum atomic E-state index is -0.281. The van der Waals surface area contributed by atoms with Gasteiger partial charge in [-0.25, -0.2) is 4.79 Å². The first kappa shape index (κ1) is 17.8. The summed E-state index contributed by atoms with van der Waals surface area (Å²) in [4.78, 5) is 42.1. The van der Waals surface area contributed by atoms with Crippen LogP contribution in [0.2, 0.25) is 0 Å². The highest BCUT2D eigenvalue weighted by Crippen LogP contribution is 2.32. The summed E-state index contributed by atoms with van der Waals surface area (Å²) in [6.07, 6.45) is 0.955. The quantitative estimate of drug-likeness (QED) is 0.793. The molecule has 3 heterocycles. The molecule has 0 N–H and O–H groups in total. The van der Waals surface area contributed by atoms with Crippen LogP contribution in [0.1, 0.15) is 35.7 Å². The van der Waals surface area contributed by atoms with Crippen LogP contribution >= 0.6 is 0 Å². The second-order valence-electron chi connectivity index (χ2n) is 7.71. The third-order valence-corrected chi connectivity index (χ3v) is 5.91. The molecule has 0 unspecified atom stereocenters. The molecule has 1 aromatic rings. The van der Waals surface area contributed by atoms with Gasteiger partial charge >= 0.3 is 6.09 Å². The zero-order valence-corrected chi connectivity index (χ0v) is 15.8. The van der Waals surface area contributed by atoms with Gasteiger partial charge in [0.25, 0.3) is 5.91 Å². The maximum absolute atomic E-state index is 12.7. The summed E-state index contributed by atoms with van der Waals surface area (Å²) in [6.45, 7) is 5.78. The van der Waals surface area contributed by atoms with Gasteiger partial charge in [-0.3, -0.25) is 14.5 Å². The number of hydrogen-bond acceptors (Lipinski definition) is 4. The van der Waals surface area contributed by atoms with E-state index in [4.69, 9.17) is 4.74 Å². The number of likely N-dealkylation sites (tertiary alicyclic amines) is 2. The predicted molar refractivity (Wildman–Crippen MR) is 98.3 cm³/mol. The Morgan fingerprint density at radius 3 is 2.52 bits per heavy atom. The normalized spacial score (nSPS) is 25.6. The van der Waals surface area contributed by atoms with E-state index in [1.807, 2.05) is 41.0 Å². The van der Waals surface area contributed by atoms with E-state index in [1.165, 1.54) is 0 Å².